The number of nitrogen functional groups attached to an aromatic ring is 1. The summed E-state index contributed by atoms with van der Waals surface area (Å²) in [6, 6.07) is 3.37. The normalized spacial score (nSPS) is 12.3. The minimum absolute atomic E-state index is 0.157. The summed E-state index contributed by atoms with van der Waals surface area (Å²) in [5, 5.41) is 8.25. The van der Waals surface area contributed by atoms with E-state index in [0.29, 0.717) is 5.82 Å². The Labute approximate surface area is 91.6 Å². The highest BCUT2D eigenvalue weighted by Crippen LogP contribution is 2.23. The Morgan fingerprint density at radius 2 is 2.47 bits per heavy atom. The molecule has 1 rings (SSSR count). The topological polar surface area (TPSA) is 85.4 Å². The summed E-state index contributed by atoms with van der Waals surface area (Å²) in [6.45, 7) is 0.157. The number of thioether (sulfide) groups is 1. The SMILES string of the molecule is COCC(Sc1ccc(N)nc1)C(=O)O. The molecule has 82 valence electrons. The molecule has 6 heteroatoms. The zero-order valence-corrected chi connectivity index (χ0v) is 9.03. The van der Waals surface area contributed by atoms with Gasteiger partial charge in [0.1, 0.15) is 11.1 Å². The molecule has 15 heavy (non-hydrogen) atoms. The van der Waals surface area contributed by atoms with E-state index in [1.54, 1.807) is 18.3 Å². The standard InChI is InChI=1S/C9H12N2O3S/c1-14-5-7(9(12)13)15-6-2-3-8(10)11-4-6/h2-4,7H,5H2,1H3,(H2,10,11)(H,12,13). The van der Waals surface area contributed by atoms with Gasteiger partial charge in [0.15, 0.2) is 0 Å². The van der Waals surface area contributed by atoms with Crippen molar-refractivity contribution in [1.82, 2.24) is 4.98 Å². The van der Waals surface area contributed by atoms with E-state index >= 15 is 0 Å². The number of nitrogens with zero attached hydrogens (tertiary/aromatic N) is 1. The number of hydrogen-bond acceptors (Lipinski definition) is 5. The molecule has 0 bridgehead atoms. The van der Waals surface area contributed by atoms with Gasteiger partial charge < -0.3 is 15.6 Å². The molecule has 1 aromatic rings. The van der Waals surface area contributed by atoms with Gasteiger partial charge in [-0.2, -0.15) is 0 Å². The van der Waals surface area contributed by atoms with Crippen LogP contribution in [0.1, 0.15) is 0 Å². The van der Waals surface area contributed by atoms with Gasteiger partial charge in [-0.1, -0.05) is 0 Å². The number of rotatable bonds is 5. The van der Waals surface area contributed by atoms with Crippen LogP contribution in [0.15, 0.2) is 23.2 Å². The van der Waals surface area contributed by atoms with Crippen molar-refractivity contribution >= 4 is 23.5 Å². The molecule has 0 saturated heterocycles. The van der Waals surface area contributed by atoms with Crippen LogP contribution in [-0.4, -0.2) is 35.0 Å². The van der Waals surface area contributed by atoms with E-state index in [2.05, 4.69) is 4.98 Å². The molecule has 0 radical (unpaired) electrons. The van der Waals surface area contributed by atoms with Crippen LogP contribution in [-0.2, 0) is 9.53 Å². The lowest BCUT2D eigenvalue weighted by molar-refractivity contribution is -0.137. The van der Waals surface area contributed by atoms with Gasteiger partial charge in [0, 0.05) is 18.2 Å². The molecular formula is C9H12N2O3S. The lowest BCUT2D eigenvalue weighted by Gasteiger charge is -2.10. The summed E-state index contributed by atoms with van der Waals surface area (Å²) in [4.78, 5) is 15.4. The lowest BCUT2D eigenvalue weighted by Crippen LogP contribution is -2.21. The summed E-state index contributed by atoms with van der Waals surface area (Å²) >= 11 is 1.19. The highest BCUT2D eigenvalue weighted by molar-refractivity contribution is 8.00. The van der Waals surface area contributed by atoms with E-state index in [1.807, 2.05) is 0 Å². The number of carbonyl (C=O) groups is 1. The van der Waals surface area contributed by atoms with Gasteiger partial charge in [-0.15, -0.1) is 11.8 Å². The number of hydrogen-bond donors (Lipinski definition) is 2. The first-order valence-electron chi connectivity index (χ1n) is 4.23. The van der Waals surface area contributed by atoms with E-state index in [1.165, 1.54) is 18.9 Å². The van der Waals surface area contributed by atoms with E-state index in [-0.39, 0.29) is 6.61 Å². The number of aromatic nitrogens is 1. The Bertz CT molecular complexity index is 329. The van der Waals surface area contributed by atoms with Crippen LogP contribution in [0.25, 0.3) is 0 Å². The maximum Gasteiger partial charge on any atom is 0.319 e. The maximum absolute atomic E-state index is 10.8. The van der Waals surface area contributed by atoms with Crippen molar-refractivity contribution in [2.45, 2.75) is 10.1 Å². The molecule has 0 spiro atoms. The number of ether oxygens (including phenoxy) is 1. The van der Waals surface area contributed by atoms with Crippen LogP contribution in [0.5, 0.6) is 0 Å². The molecule has 0 saturated carbocycles. The highest BCUT2D eigenvalue weighted by Gasteiger charge is 2.18. The van der Waals surface area contributed by atoms with Gasteiger partial charge in [-0.3, -0.25) is 4.79 Å². The van der Waals surface area contributed by atoms with Crippen molar-refractivity contribution in [2.75, 3.05) is 19.5 Å². The van der Waals surface area contributed by atoms with Gasteiger partial charge in [0.05, 0.1) is 6.61 Å². The number of pyridine rings is 1. The number of methoxy groups -OCH3 is 1. The average molecular weight is 228 g/mol. The Hall–Kier alpha value is -1.27. The second-order valence-corrected chi connectivity index (χ2v) is 4.09. The van der Waals surface area contributed by atoms with Gasteiger partial charge in [-0.25, -0.2) is 4.98 Å². The van der Waals surface area contributed by atoms with Gasteiger partial charge >= 0.3 is 5.97 Å². The molecule has 0 amide bonds. The second kappa shape index (κ2) is 5.57. The van der Waals surface area contributed by atoms with Crippen molar-refractivity contribution in [3.8, 4) is 0 Å². The fraction of sp³-hybridized carbons (Fsp3) is 0.333. The van der Waals surface area contributed by atoms with Crippen LogP contribution in [0, 0.1) is 0 Å². The first-order valence-corrected chi connectivity index (χ1v) is 5.11. The molecule has 0 aliphatic carbocycles. The third kappa shape index (κ3) is 3.77. The Morgan fingerprint density at radius 1 is 1.73 bits per heavy atom. The number of aliphatic carboxylic acids is 1. The molecule has 1 heterocycles. The van der Waals surface area contributed by atoms with E-state index in [0.717, 1.165) is 4.90 Å². The Balaban J connectivity index is 2.65. The third-order valence-electron chi connectivity index (χ3n) is 1.63. The Morgan fingerprint density at radius 3 is 2.93 bits per heavy atom. The van der Waals surface area contributed by atoms with E-state index in [9.17, 15) is 4.79 Å². The first kappa shape index (κ1) is 11.8. The minimum atomic E-state index is -0.904. The number of carboxylic acids is 1. The monoisotopic (exact) mass is 228 g/mol. The summed E-state index contributed by atoms with van der Waals surface area (Å²) in [7, 11) is 1.47. The minimum Gasteiger partial charge on any atom is -0.480 e. The maximum atomic E-state index is 10.8. The van der Waals surface area contributed by atoms with E-state index < -0.39 is 11.2 Å². The molecule has 1 unspecified atom stereocenters. The summed E-state index contributed by atoms with van der Waals surface area (Å²) in [5.41, 5.74) is 5.41. The first-order chi connectivity index (χ1) is 7.13. The molecule has 0 fully saturated rings. The summed E-state index contributed by atoms with van der Waals surface area (Å²) < 4.78 is 4.81. The molecular weight excluding hydrogens is 216 g/mol. The zero-order chi connectivity index (χ0) is 11.3. The quantitative estimate of drug-likeness (QED) is 0.727. The largest absolute Gasteiger partial charge is 0.480 e. The molecule has 3 N–H and O–H groups in total. The van der Waals surface area contributed by atoms with Crippen molar-refractivity contribution in [3.63, 3.8) is 0 Å². The van der Waals surface area contributed by atoms with Gasteiger partial charge in [-0.05, 0) is 12.1 Å². The third-order valence-corrected chi connectivity index (χ3v) is 2.77. The van der Waals surface area contributed by atoms with Crippen LogP contribution >= 0.6 is 11.8 Å². The molecule has 1 aromatic heterocycles. The van der Waals surface area contributed by atoms with Gasteiger partial charge in [0.2, 0.25) is 0 Å². The van der Waals surface area contributed by atoms with Gasteiger partial charge in [0.25, 0.3) is 0 Å². The summed E-state index contributed by atoms with van der Waals surface area (Å²) in [6.07, 6.45) is 1.55. The lowest BCUT2D eigenvalue weighted by atomic mass is 10.4. The fourth-order valence-corrected chi connectivity index (χ4v) is 1.83. The number of nitrogens with two attached hydrogens (primary N) is 1. The Kier molecular flexibility index (Phi) is 4.38. The molecule has 0 aromatic carbocycles. The van der Waals surface area contributed by atoms with Crippen LogP contribution in [0.4, 0.5) is 5.82 Å². The highest BCUT2D eigenvalue weighted by atomic mass is 32.2. The van der Waals surface area contributed by atoms with Crippen LogP contribution < -0.4 is 5.73 Å². The zero-order valence-electron chi connectivity index (χ0n) is 8.21. The van der Waals surface area contributed by atoms with Crippen molar-refractivity contribution in [1.29, 1.82) is 0 Å². The molecule has 1 atom stereocenters. The van der Waals surface area contributed by atoms with Crippen molar-refractivity contribution < 1.29 is 14.6 Å². The van der Waals surface area contributed by atoms with Crippen molar-refractivity contribution in [3.05, 3.63) is 18.3 Å². The molecule has 0 aliphatic heterocycles. The van der Waals surface area contributed by atoms with E-state index in [4.69, 9.17) is 15.6 Å². The predicted molar refractivity (Wildman–Crippen MR) is 57.8 cm³/mol. The number of carboxylic acid groups (broad SMARTS) is 1. The fourth-order valence-electron chi connectivity index (χ4n) is 0.933. The van der Waals surface area contributed by atoms with Crippen LogP contribution in [0.2, 0.25) is 0 Å². The second-order valence-electron chi connectivity index (χ2n) is 2.82. The molecule has 5 nitrogen and oxygen atoms in total. The van der Waals surface area contributed by atoms with Crippen molar-refractivity contribution in [2.24, 2.45) is 0 Å². The predicted octanol–water partition coefficient (Wildman–Crippen LogP) is 0.856. The molecule has 0 aliphatic rings. The van der Waals surface area contributed by atoms with Crippen LogP contribution in [0.3, 0.4) is 0 Å². The summed E-state index contributed by atoms with van der Waals surface area (Å²) in [5.74, 6) is -0.489. The number of anilines is 1. The smallest absolute Gasteiger partial charge is 0.319 e. The average Bonchev–Trinajstić information content (AvgIpc) is 2.20.